The Labute approximate surface area is 149 Å². The van der Waals surface area contributed by atoms with Gasteiger partial charge in [-0.3, -0.25) is 4.98 Å². The quantitative estimate of drug-likeness (QED) is 0.586. The highest BCUT2D eigenvalue weighted by molar-refractivity contribution is 5.97. The molecule has 0 aromatic carbocycles. The highest BCUT2D eigenvalue weighted by Crippen LogP contribution is 2.14. The molecule has 2 saturated heterocycles. The van der Waals surface area contributed by atoms with Crippen LogP contribution in [0.25, 0.3) is 0 Å². The molecule has 2 aliphatic rings. The van der Waals surface area contributed by atoms with Crippen LogP contribution in [0.2, 0.25) is 0 Å². The van der Waals surface area contributed by atoms with Gasteiger partial charge in [-0.05, 0) is 38.0 Å². The van der Waals surface area contributed by atoms with E-state index < -0.39 is 0 Å². The standard InChI is InChI=1S/C19H26N4O2/c1-3-17(22-15-7-10-24-12-15)19(23-16-8-11-25-13-16)21-14(2)18-6-4-5-9-20-18/h3-6,9,15-16,22-23H,1,7-8,10-13H2,2H3/b19-17-,21-14?. The summed E-state index contributed by atoms with van der Waals surface area (Å²) in [5.74, 6) is 0.778. The normalized spacial score (nSPS) is 24.8. The summed E-state index contributed by atoms with van der Waals surface area (Å²) >= 11 is 0. The summed E-state index contributed by atoms with van der Waals surface area (Å²) in [6, 6.07) is 6.37. The van der Waals surface area contributed by atoms with Crippen molar-refractivity contribution in [3.05, 3.63) is 54.3 Å². The maximum atomic E-state index is 5.48. The van der Waals surface area contributed by atoms with E-state index in [2.05, 4.69) is 22.2 Å². The zero-order valence-corrected chi connectivity index (χ0v) is 14.7. The molecule has 3 heterocycles. The molecule has 2 fully saturated rings. The van der Waals surface area contributed by atoms with E-state index in [0.717, 1.165) is 49.0 Å². The van der Waals surface area contributed by atoms with Gasteiger partial charge in [0.1, 0.15) is 5.82 Å². The fourth-order valence-corrected chi connectivity index (χ4v) is 2.91. The van der Waals surface area contributed by atoms with Crippen LogP contribution in [0.15, 0.2) is 53.6 Å². The Balaban J connectivity index is 1.86. The lowest BCUT2D eigenvalue weighted by molar-refractivity contribution is 0.190. The van der Waals surface area contributed by atoms with E-state index >= 15 is 0 Å². The van der Waals surface area contributed by atoms with E-state index in [4.69, 9.17) is 14.5 Å². The highest BCUT2D eigenvalue weighted by atomic mass is 16.5. The van der Waals surface area contributed by atoms with Gasteiger partial charge in [-0.2, -0.15) is 0 Å². The molecule has 0 aliphatic carbocycles. The summed E-state index contributed by atoms with van der Waals surface area (Å²) in [6.45, 7) is 8.90. The number of ether oxygens (including phenoxy) is 2. The third kappa shape index (κ3) is 4.90. The van der Waals surface area contributed by atoms with Gasteiger partial charge < -0.3 is 20.1 Å². The fraction of sp³-hybridized carbons (Fsp3) is 0.474. The second kappa shape index (κ2) is 8.78. The van der Waals surface area contributed by atoms with E-state index in [1.54, 1.807) is 6.20 Å². The first kappa shape index (κ1) is 17.6. The largest absolute Gasteiger partial charge is 0.379 e. The van der Waals surface area contributed by atoms with Crippen molar-refractivity contribution < 1.29 is 9.47 Å². The van der Waals surface area contributed by atoms with Crippen molar-refractivity contribution in [2.45, 2.75) is 31.8 Å². The van der Waals surface area contributed by atoms with E-state index in [1.807, 2.05) is 31.2 Å². The number of aliphatic imine (C=N–C) groups is 1. The van der Waals surface area contributed by atoms with Crippen molar-refractivity contribution in [3.8, 4) is 0 Å². The van der Waals surface area contributed by atoms with Crippen LogP contribution in [0, 0.1) is 0 Å². The molecule has 2 unspecified atom stereocenters. The third-order valence-electron chi connectivity index (χ3n) is 4.33. The lowest BCUT2D eigenvalue weighted by atomic mass is 10.2. The Morgan fingerprint density at radius 3 is 2.48 bits per heavy atom. The zero-order valence-electron chi connectivity index (χ0n) is 14.7. The Morgan fingerprint density at radius 1 is 1.20 bits per heavy atom. The van der Waals surface area contributed by atoms with Crippen molar-refractivity contribution in [2.75, 3.05) is 26.4 Å². The van der Waals surface area contributed by atoms with Crippen molar-refractivity contribution in [3.63, 3.8) is 0 Å². The van der Waals surface area contributed by atoms with Gasteiger partial charge in [0, 0.05) is 19.4 Å². The van der Waals surface area contributed by atoms with Crippen molar-refractivity contribution in [1.82, 2.24) is 15.6 Å². The van der Waals surface area contributed by atoms with Gasteiger partial charge in [0.2, 0.25) is 0 Å². The van der Waals surface area contributed by atoms with Crippen LogP contribution < -0.4 is 10.6 Å². The molecule has 0 saturated carbocycles. The monoisotopic (exact) mass is 342 g/mol. The Kier molecular flexibility index (Phi) is 6.19. The lowest BCUT2D eigenvalue weighted by Gasteiger charge is -2.20. The minimum atomic E-state index is 0.256. The molecule has 1 aromatic heterocycles. The maximum absolute atomic E-state index is 5.48. The SMILES string of the molecule is C=C/C(NC1CCOC1)=C(\N=C(C)c1ccccn1)NC1CCOC1. The molecule has 2 atom stereocenters. The van der Waals surface area contributed by atoms with E-state index in [9.17, 15) is 0 Å². The fourth-order valence-electron chi connectivity index (χ4n) is 2.91. The van der Waals surface area contributed by atoms with Gasteiger partial charge in [-0.15, -0.1) is 0 Å². The summed E-state index contributed by atoms with van der Waals surface area (Å²) in [5, 5.41) is 7.01. The minimum absolute atomic E-state index is 0.256. The van der Waals surface area contributed by atoms with Crippen LogP contribution in [0.4, 0.5) is 0 Å². The van der Waals surface area contributed by atoms with Gasteiger partial charge in [0.15, 0.2) is 0 Å². The molecule has 0 spiro atoms. The molecule has 2 aliphatic heterocycles. The summed E-state index contributed by atoms with van der Waals surface area (Å²) < 4.78 is 10.9. The molecule has 6 nitrogen and oxygen atoms in total. The van der Waals surface area contributed by atoms with Gasteiger partial charge in [0.25, 0.3) is 0 Å². The molecule has 3 rings (SSSR count). The molecular weight excluding hydrogens is 316 g/mol. The number of nitrogens with zero attached hydrogens (tertiary/aromatic N) is 2. The molecular formula is C19H26N4O2. The number of allylic oxidation sites excluding steroid dienone is 1. The Morgan fingerprint density at radius 2 is 1.92 bits per heavy atom. The summed E-state index contributed by atoms with van der Waals surface area (Å²) in [4.78, 5) is 9.20. The van der Waals surface area contributed by atoms with Crippen LogP contribution in [-0.4, -0.2) is 49.2 Å². The zero-order chi connectivity index (χ0) is 17.5. The molecule has 6 heteroatoms. The second-order valence-corrected chi connectivity index (χ2v) is 6.29. The topological polar surface area (TPSA) is 67.8 Å². The van der Waals surface area contributed by atoms with E-state index in [1.165, 1.54) is 0 Å². The van der Waals surface area contributed by atoms with Crippen molar-refractivity contribution >= 4 is 5.71 Å². The molecule has 0 bridgehead atoms. The van der Waals surface area contributed by atoms with Gasteiger partial charge >= 0.3 is 0 Å². The van der Waals surface area contributed by atoms with Gasteiger partial charge in [-0.1, -0.05) is 12.6 Å². The van der Waals surface area contributed by atoms with Gasteiger partial charge in [-0.25, -0.2) is 4.99 Å². The van der Waals surface area contributed by atoms with Crippen LogP contribution in [0.3, 0.4) is 0 Å². The first-order valence-corrected chi connectivity index (χ1v) is 8.78. The predicted molar refractivity (Wildman–Crippen MR) is 98.4 cm³/mol. The first-order valence-electron chi connectivity index (χ1n) is 8.78. The van der Waals surface area contributed by atoms with Crippen LogP contribution >= 0.6 is 0 Å². The smallest absolute Gasteiger partial charge is 0.150 e. The van der Waals surface area contributed by atoms with E-state index in [-0.39, 0.29) is 12.1 Å². The Hall–Kier alpha value is -2.18. The minimum Gasteiger partial charge on any atom is -0.379 e. The lowest BCUT2D eigenvalue weighted by Crippen LogP contribution is -2.34. The number of aromatic nitrogens is 1. The average molecular weight is 342 g/mol. The highest BCUT2D eigenvalue weighted by Gasteiger charge is 2.20. The number of pyridine rings is 1. The first-order chi connectivity index (χ1) is 12.3. The van der Waals surface area contributed by atoms with Gasteiger partial charge in [0.05, 0.1) is 42.4 Å². The number of nitrogens with one attached hydrogen (secondary N) is 2. The molecule has 25 heavy (non-hydrogen) atoms. The number of hydrogen-bond donors (Lipinski definition) is 2. The predicted octanol–water partition coefficient (Wildman–Crippen LogP) is 2.00. The molecule has 0 radical (unpaired) electrons. The summed E-state index contributed by atoms with van der Waals surface area (Å²) in [5.41, 5.74) is 2.60. The summed E-state index contributed by atoms with van der Waals surface area (Å²) in [7, 11) is 0. The van der Waals surface area contributed by atoms with Crippen molar-refractivity contribution in [2.24, 2.45) is 4.99 Å². The third-order valence-corrected chi connectivity index (χ3v) is 4.33. The molecule has 1 aromatic rings. The average Bonchev–Trinajstić information content (AvgIpc) is 3.34. The van der Waals surface area contributed by atoms with Crippen LogP contribution in [0.1, 0.15) is 25.5 Å². The maximum Gasteiger partial charge on any atom is 0.150 e. The number of hydrogen-bond acceptors (Lipinski definition) is 6. The van der Waals surface area contributed by atoms with Crippen LogP contribution in [-0.2, 0) is 9.47 Å². The van der Waals surface area contributed by atoms with E-state index in [0.29, 0.717) is 13.2 Å². The molecule has 2 N–H and O–H groups in total. The van der Waals surface area contributed by atoms with Crippen molar-refractivity contribution in [1.29, 1.82) is 0 Å². The molecule has 134 valence electrons. The summed E-state index contributed by atoms with van der Waals surface area (Å²) in [6.07, 6.45) is 5.54. The number of rotatable bonds is 7. The molecule has 0 amide bonds. The second-order valence-electron chi connectivity index (χ2n) is 6.29. The van der Waals surface area contributed by atoms with Crippen LogP contribution in [0.5, 0.6) is 0 Å². The Bertz CT molecular complexity index is 630.